The number of hydrogen-bond acceptors (Lipinski definition) is 8. The van der Waals surface area contributed by atoms with Crippen molar-refractivity contribution in [2.45, 2.75) is 6.92 Å². The van der Waals surface area contributed by atoms with Crippen molar-refractivity contribution < 1.29 is 0 Å². The maximum Gasteiger partial charge on any atom is 0.0542 e. The Morgan fingerprint density at radius 1 is 0.179 bits per heavy atom. The molecule has 5 aromatic heterocycles. The molecule has 106 heavy (non-hydrogen) atoms. The zero-order chi connectivity index (χ0) is 70.2. The molecule has 5 heterocycles. The minimum Gasteiger partial charge on any atom is -0.310 e. The van der Waals surface area contributed by atoms with Gasteiger partial charge in [0.25, 0.3) is 0 Å². The lowest BCUT2D eigenvalue weighted by Gasteiger charge is -2.26. The Morgan fingerprint density at radius 2 is 0.462 bits per heavy atom. The third-order valence-corrected chi connectivity index (χ3v) is 24.9. The van der Waals surface area contributed by atoms with E-state index in [1.165, 1.54) is 108 Å². The van der Waals surface area contributed by atoms with E-state index in [9.17, 15) is 0 Å². The summed E-state index contributed by atoms with van der Waals surface area (Å²) in [4.78, 5) is 9.52. The molecule has 0 radical (unpaired) electrons. The van der Waals surface area contributed by atoms with Gasteiger partial charge < -0.3 is 24.2 Å². The van der Waals surface area contributed by atoms with Gasteiger partial charge in [0.15, 0.2) is 0 Å². The molecule has 21 rings (SSSR count). The summed E-state index contributed by atoms with van der Waals surface area (Å²) >= 11 is 7.44. The van der Waals surface area contributed by atoms with Gasteiger partial charge in [0.05, 0.1) is 11.0 Å². The fraction of sp³-hybridized carbons (Fsp3) is 0.0103. The molecule has 21 aromatic rings. The molecule has 0 bridgehead atoms. The topological polar surface area (TPSA) is 17.9 Å². The molecule has 0 N–H and O–H groups in total. The van der Waals surface area contributed by atoms with Crippen LogP contribution in [-0.2, 0) is 0 Å². The molecule has 502 valence electrons. The van der Waals surface area contributed by atoms with Crippen LogP contribution >= 0.6 is 45.3 Å². The van der Waals surface area contributed by atoms with Crippen molar-refractivity contribution >= 4 is 216 Å². The molecule has 0 saturated heterocycles. The molecule has 0 saturated carbocycles. The number of nitrogens with zero attached hydrogens (tertiary/aromatic N) is 5. The Labute approximate surface area is 629 Å². The number of aromatic nitrogens is 1. The third-order valence-electron chi connectivity index (χ3n) is 20.4. The molecular weight excluding hydrogens is 1360 g/mol. The van der Waals surface area contributed by atoms with Crippen molar-refractivity contribution in [1.82, 2.24) is 4.57 Å². The van der Waals surface area contributed by atoms with Gasteiger partial charge in [-0.1, -0.05) is 176 Å². The summed E-state index contributed by atoms with van der Waals surface area (Å²) in [5, 5.41) is 12.8. The highest BCUT2D eigenvalue weighted by Crippen LogP contribution is 2.49. The highest BCUT2D eigenvalue weighted by molar-refractivity contribution is 7.27. The molecule has 0 atom stereocenters. The van der Waals surface area contributed by atoms with Gasteiger partial charge in [0.1, 0.15) is 0 Å². The number of fused-ring (bicyclic) bond motifs is 15. The van der Waals surface area contributed by atoms with Crippen LogP contribution < -0.4 is 19.6 Å². The largest absolute Gasteiger partial charge is 0.310 e. The van der Waals surface area contributed by atoms with E-state index in [0.29, 0.717) is 0 Å². The molecule has 16 aromatic carbocycles. The highest BCUT2D eigenvalue weighted by Gasteiger charge is 2.23. The van der Waals surface area contributed by atoms with E-state index in [1.807, 2.05) is 45.3 Å². The monoisotopic (exact) mass is 1430 g/mol. The third kappa shape index (κ3) is 11.3. The Balaban J connectivity index is 0.000000144. The second-order valence-electron chi connectivity index (χ2n) is 26.9. The molecule has 0 spiro atoms. The van der Waals surface area contributed by atoms with Gasteiger partial charge in [-0.2, -0.15) is 0 Å². The van der Waals surface area contributed by atoms with Crippen LogP contribution in [0.3, 0.4) is 0 Å². The maximum atomic E-state index is 2.44. The predicted molar refractivity (Wildman–Crippen MR) is 462 cm³/mol. The van der Waals surface area contributed by atoms with E-state index in [4.69, 9.17) is 0 Å². The number of thiophene rings is 4. The van der Waals surface area contributed by atoms with Crippen molar-refractivity contribution in [3.05, 3.63) is 382 Å². The molecule has 0 aliphatic carbocycles. The van der Waals surface area contributed by atoms with E-state index >= 15 is 0 Å². The second-order valence-corrected chi connectivity index (χ2v) is 31.2. The van der Waals surface area contributed by atoms with Crippen molar-refractivity contribution in [2.24, 2.45) is 0 Å². The molecule has 5 nitrogen and oxygen atoms in total. The first kappa shape index (κ1) is 63.1. The summed E-state index contributed by atoms with van der Waals surface area (Å²) in [5.74, 6) is 0. The predicted octanol–water partition coefficient (Wildman–Crippen LogP) is 30.1. The number of hydrogen-bond donors (Lipinski definition) is 0. The highest BCUT2D eigenvalue weighted by atomic mass is 32.1. The van der Waals surface area contributed by atoms with E-state index in [2.05, 4.69) is 407 Å². The Hall–Kier alpha value is -12.6. The van der Waals surface area contributed by atoms with Crippen LogP contribution in [0.25, 0.3) is 108 Å². The smallest absolute Gasteiger partial charge is 0.0542 e. The van der Waals surface area contributed by atoms with E-state index in [0.717, 1.165) is 73.9 Å². The van der Waals surface area contributed by atoms with E-state index in [1.54, 1.807) is 0 Å². The minimum absolute atomic E-state index is 1.12. The molecule has 0 amide bonds. The first-order chi connectivity index (χ1) is 52.4. The van der Waals surface area contributed by atoms with Gasteiger partial charge in [0.2, 0.25) is 0 Å². The van der Waals surface area contributed by atoms with Crippen molar-refractivity contribution in [3.63, 3.8) is 0 Å². The molecular formula is C97H65N5S4. The normalized spacial score (nSPS) is 11.6. The second kappa shape index (κ2) is 26.6. The lowest BCUT2D eigenvalue weighted by atomic mass is 10.1. The van der Waals surface area contributed by atoms with Crippen molar-refractivity contribution in [2.75, 3.05) is 19.6 Å². The SMILES string of the molecule is Cc1cccc(N(c2ccc3c(c2)sc2ccc(N(c4ccccc4)c4ccccc4)cc23)c2ccc3sc4ccccc4c3c2)c1.c1ccc(N(c2ccccc2)c2ccc3sc4cc(N(c5ccc6c(c5)sc5ccccc56)c5ccc6c(c5)c5ccccc5n6-c5ccccc5)ccc4c3c2)cc1. The number of anilines is 12. The summed E-state index contributed by atoms with van der Waals surface area (Å²) in [6, 6.07) is 137. The molecule has 0 unspecified atom stereocenters. The van der Waals surface area contributed by atoms with Gasteiger partial charge in [-0.05, 0) is 213 Å². The standard InChI is InChI=1S/C54H35N3S2.C43H30N2S2/c1-4-14-36(15-5-1)55(37-16-6-2-7-17-37)40-27-31-52-48(33-40)46-29-25-42(35-54(46)59-52)56(41-24-28-45-44-21-11-13-23-51(44)58-53(45)34-41)39-26-30-50-47(32-39)43-20-10-12-22-49(43)57(50)38-18-8-3-9-19-38;1-29-11-10-16-32(25-29)45(34-21-23-41-38(27-34)36-17-8-9-18-40(36)46-41)35-19-22-37-39-26-33(20-24-42(39)47-43(37)28-35)44(30-12-4-2-5-13-30)31-14-6-3-7-15-31/h1-35H;2-28H,1H3. The Bertz CT molecular complexity index is 6800. The first-order valence-electron chi connectivity index (χ1n) is 35.8. The van der Waals surface area contributed by atoms with E-state index < -0.39 is 0 Å². The fourth-order valence-electron chi connectivity index (χ4n) is 15.6. The van der Waals surface area contributed by atoms with Crippen LogP contribution in [0.15, 0.2) is 376 Å². The Morgan fingerprint density at radius 3 is 0.906 bits per heavy atom. The molecule has 9 heteroatoms. The maximum absolute atomic E-state index is 2.44. The van der Waals surface area contributed by atoms with Crippen molar-refractivity contribution in [1.29, 1.82) is 0 Å². The van der Waals surface area contributed by atoms with Crippen molar-refractivity contribution in [3.8, 4) is 5.69 Å². The van der Waals surface area contributed by atoms with Crippen LogP contribution in [0.1, 0.15) is 5.56 Å². The Kier molecular flexibility index (Phi) is 15.8. The molecule has 0 aliphatic heterocycles. The van der Waals surface area contributed by atoms with E-state index in [-0.39, 0.29) is 0 Å². The van der Waals surface area contributed by atoms with Gasteiger partial charge in [-0.15, -0.1) is 45.3 Å². The first-order valence-corrected chi connectivity index (χ1v) is 39.0. The summed E-state index contributed by atoms with van der Waals surface area (Å²) in [5.41, 5.74) is 18.5. The summed E-state index contributed by atoms with van der Waals surface area (Å²) in [6.45, 7) is 2.16. The average Bonchev–Trinajstić information content (AvgIpc) is 1.58. The number of para-hydroxylation sites is 6. The summed E-state index contributed by atoms with van der Waals surface area (Å²) in [6.07, 6.45) is 0. The van der Waals surface area contributed by atoms with Crippen LogP contribution in [0, 0.1) is 6.92 Å². The fourth-order valence-corrected chi connectivity index (χ4v) is 20.1. The summed E-state index contributed by atoms with van der Waals surface area (Å²) < 4.78 is 12.7. The lowest BCUT2D eigenvalue weighted by Crippen LogP contribution is -2.10. The molecule has 0 aliphatic rings. The van der Waals surface area contributed by atoms with Crippen LogP contribution in [0.4, 0.5) is 68.2 Å². The number of rotatable bonds is 13. The molecule has 0 fully saturated rings. The van der Waals surface area contributed by atoms with Crippen LogP contribution in [0.2, 0.25) is 0 Å². The zero-order valence-corrected chi connectivity index (χ0v) is 60.9. The minimum atomic E-state index is 1.12. The zero-order valence-electron chi connectivity index (χ0n) is 57.7. The van der Waals surface area contributed by atoms with Gasteiger partial charge in [0, 0.05) is 165 Å². The lowest BCUT2D eigenvalue weighted by molar-refractivity contribution is 1.18. The number of aryl methyl sites for hydroxylation is 1. The summed E-state index contributed by atoms with van der Waals surface area (Å²) in [7, 11) is 0. The van der Waals surface area contributed by atoms with Gasteiger partial charge >= 0.3 is 0 Å². The van der Waals surface area contributed by atoms with Crippen LogP contribution in [0.5, 0.6) is 0 Å². The number of benzene rings is 16. The van der Waals surface area contributed by atoms with Crippen LogP contribution in [-0.4, -0.2) is 4.57 Å². The van der Waals surface area contributed by atoms with Gasteiger partial charge in [-0.25, -0.2) is 0 Å². The quantitative estimate of drug-likeness (QED) is 0.114. The van der Waals surface area contributed by atoms with Gasteiger partial charge in [-0.3, -0.25) is 0 Å². The average molecular weight is 1430 g/mol.